The fraction of sp³-hybridized carbons (Fsp3) is 0.368. The van der Waals surface area contributed by atoms with Crippen LogP contribution in [0, 0.1) is 0 Å². The van der Waals surface area contributed by atoms with Crippen molar-refractivity contribution < 1.29 is 14.3 Å². The number of fused-ring (bicyclic) bond motifs is 1. The maximum Gasteiger partial charge on any atom is 0.261 e. The highest BCUT2D eigenvalue weighted by Gasteiger charge is 2.31. The minimum atomic E-state index is -0.0936. The monoisotopic (exact) mass is 367 g/mol. The Bertz CT molecular complexity index is 949. The Hall–Kier alpha value is -3.16. The number of nitrogens with one attached hydrogen (secondary N) is 1. The lowest BCUT2D eigenvalue weighted by molar-refractivity contribution is 0.0699. The van der Waals surface area contributed by atoms with Gasteiger partial charge in [-0.05, 0) is 25.0 Å². The quantitative estimate of drug-likeness (QED) is 0.761. The zero-order valence-corrected chi connectivity index (χ0v) is 15.3. The van der Waals surface area contributed by atoms with Crippen LogP contribution in [0.15, 0.2) is 30.6 Å². The van der Waals surface area contributed by atoms with Crippen molar-refractivity contribution in [3.8, 4) is 11.5 Å². The highest BCUT2D eigenvalue weighted by atomic mass is 16.5. The fourth-order valence-corrected chi connectivity index (χ4v) is 3.67. The highest BCUT2D eigenvalue weighted by molar-refractivity contribution is 5.99. The summed E-state index contributed by atoms with van der Waals surface area (Å²) in [5.41, 5.74) is 2.76. The van der Waals surface area contributed by atoms with Crippen LogP contribution >= 0.6 is 0 Å². The zero-order valence-electron chi connectivity index (χ0n) is 15.3. The number of aromatic nitrogens is 4. The molecule has 1 atom stereocenters. The van der Waals surface area contributed by atoms with E-state index in [9.17, 15) is 4.79 Å². The van der Waals surface area contributed by atoms with Crippen molar-refractivity contribution in [2.45, 2.75) is 18.8 Å². The van der Waals surface area contributed by atoms with Gasteiger partial charge in [-0.2, -0.15) is 5.10 Å². The van der Waals surface area contributed by atoms with Gasteiger partial charge in [-0.1, -0.05) is 6.07 Å². The van der Waals surface area contributed by atoms with E-state index in [2.05, 4.69) is 20.2 Å². The number of aromatic amines is 1. The Morgan fingerprint density at radius 1 is 1.19 bits per heavy atom. The Balaban J connectivity index is 1.63. The molecule has 140 valence electrons. The van der Waals surface area contributed by atoms with E-state index in [0.29, 0.717) is 35.8 Å². The van der Waals surface area contributed by atoms with Gasteiger partial charge in [0.25, 0.3) is 5.91 Å². The van der Waals surface area contributed by atoms with Crippen LogP contribution in [0.5, 0.6) is 11.5 Å². The molecule has 1 fully saturated rings. The smallest absolute Gasteiger partial charge is 0.261 e. The van der Waals surface area contributed by atoms with E-state index in [4.69, 9.17) is 9.47 Å². The van der Waals surface area contributed by atoms with E-state index < -0.39 is 0 Å². The van der Waals surface area contributed by atoms with Crippen LogP contribution in [0.3, 0.4) is 0 Å². The average molecular weight is 367 g/mol. The molecule has 1 saturated heterocycles. The lowest BCUT2D eigenvalue weighted by Gasteiger charge is -2.32. The zero-order chi connectivity index (χ0) is 18.8. The van der Waals surface area contributed by atoms with Gasteiger partial charge in [-0.3, -0.25) is 9.89 Å². The summed E-state index contributed by atoms with van der Waals surface area (Å²) in [5.74, 6) is 1.06. The van der Waals surface area contributed by atoms with Crippen LogP contribution in [-0.2, 0) is 0 Å². The summed E-state index contributed by atoms with van der Waals surface area (Å²) in [6, 6.07) is 5.35. The summed E-state index contributed by atoms with van der Waals surface area (Å²) in [4.78, 5) is 23.7. The van der Waals surface area contributed by atoms with Gasteiger partial charge >= 0.3 is 0 Å². The molecule has 1 aliphatic heterocycles. The molecule has 3 aromatic rings. The lowest BCUT2D eigenvalue weighted by Crippen LogP contribution is -2.39. The van der Waals surface area contributed by atoms with Gasteiger partial charge in [-0.15, -0.1) is 0 Å². The predicted molar refractivity (Wildman–Crippen MR) is 99.1 cm³/mol. The molecule has 1 amide bonds. The van der Waals surface area contributed by atoms with Gasteiger partial charge in [0.15, 0.2) is 5.65 Å². The van der Waals surface area contributed by atoms with E-state index in [1.54, 1.807) is 38.7 Å². The van der Waals surface area contributed by atoms with Crippen molar-refractivity contribution in [3.63, 3.8) is 0 Å². The number of benzene rings is 1. The molecule has 1 aliphatic rings. The first-order valence-electron chi connectivity index (χ1n) is 8.88. The number of amides is 1. The minimum absolute atomic E-state index is 0.0936. The number of piperidine rings is 1. The maximum absolute atomic E-state index is 13.3. The number of nitrogens with zero attached hydrogens (tertiary/aromatic N) is 4. The van der Waals surface area contributed by atoms with E-state index >= 15 is 0 Å². The van der Waals surface area contributed by atoms with Gasteiger partial charge in [0.2, 0.25) is 0 Å². The molecule has 2 aromatic heterocycles. The van der Waals surface area contributed by atoms with Crippen LogP contribution < -0.4 is 9.47 Å². The standard InChI is InChI=1S/C19H21N5O3/c1-26-13-6-3-7-14(27-2)15(13)19(25)24-10-4-5-12(11-24)16-17-18(23-22-16)21-9-8-20-17/h3,6-9,12H,4-5,10-11H2,1-2H3,(H,21,22,23)/t12-/m1/s1. The third-order valence-corrected chi connectivity index (χ3v) is 4.97. The first-order chi connectivity index (χ1) is 13.2. The predicted octanol–water partition coefficient (Wildman–Crippen LogP) is 2.39. The topological polar surface area (TPSA) is 93.2 Å². The van der Waals surface area contributed by atoms with Gasteiger partial charge in [0, 0.05) is 31.4 Å². The Morgan fingerprint density at radius 2 is 1.93 bits per heavy atom. The molecule has 1 N–H and O–H groups in total. The minimum Gasteiger partial charge on any atom is -0.496 e. The molecule has 3 heterocycles. The molecule has 4 rings (SSSR count). The third kappa shape index (κ3) is 3.07. The third-order valence-electron chi connectivity index (χ3n) is 4.97. The normalized spacial score (nSPS) is 17.1. The molecule has 0 radical (unpaired) electrons. The van der Waals surface area contributed by atoms with Crippen LogP contribution in [0.4, 0.5) is 0 Å². The molecule has 1 aromatic carbocycles. The number of carbonyl (C=O) groups is 1. The largest absolute Gasteiger partial charge is 0.496 e. The van der Waals surface area contributed by atoms with Gasteiger partial charge in [0.1, 0.15) is 22.6 Å². The van der Waals surface area contributed by atoms with Crippen LogP contribution in [-0.4, -0.2) is 58.3 Å². The number of likely N-dealkylation sites (tertiary alicyclic amines) is 1. The van der Waals surface area contributed by atoms with Gasteiger partial charge in [-0.25, -0.2) is 9.97 Å². The van der Waals surface area contributed by atoms with Crippen LogP contribution in [0.1, 0.15) is 34.8 Å². The molecule has 0 spiro atoms. The number of rotatable bonds is 4. The molecule has 0 aliphatic carbocycles. The molecular formula is C19H21N5O3. The highest BCUT2D eigenvalue weighted by Crippen LogP contribution is 2.33. The summed E-state index contributed by atoms with van der Waals surface area (Å²) in [7, 11) is 3.11. The second-order valence-corrected chi connectivity index (χ2v) is 6.49. The van der Waals surface area contributed by atoms with Crippen molar-refractivity contribution in [1.29, 1.82) is 0 Å². The molecule has 27 heavy (non-hydrogen) atoms. The maximum atomic E-state index is 13.3. The molecule has 8 nitrogen and oxygen atoms in total. The van der Waals surface area contributed by atoms with Gasteiger partial charge < -0.3 is 14.4 Å². The second-order valence-electron chi connectivity index (χ2n) is 6.49. The first-order valence-corrected chi connectivity index (χ1v) is 8.88. The number of hydrogen-bond acceptors (Lipinski definition) is 6. The molecule has 0 saturated carbocycles. The van der Waals surface area contributed by atoms with Crippen LogP contribution in [0.25, 0.3) is 11.2 Å². The average Bonchev–Trinajstić information content (AvgIpc) is 3.17. The SMILES string of the molecule is COc1cccc(OC)c1C(=O)N1CCC[C@@H](c2[nH]nc3nccnc23)C1. The van der Waals surface area contributed by atoms with E-state index in [0.717, 1.165) is 24.1 Å². The van der Waals surface area contributed by atoms with E-state index in [1.807, 2.05) is 11.0 Å². The number of ether oxygens (including phenoxy) is 2. The summed E-state index contributed by atoms with van der Waals surface area (Å²) >= 11 is 0. The van der Waals surface area contributed by atoms with E-state index in [-0.39, 0.29) is 11.8 Å². The van der Waals surface area contributed by atoms with Crippen molar-refractivity contribution in [2.24, 2.45) is 0 Å². The number of H-pyrrole nitrogens is 1. The second kappa shape index (κ2) is 7.22. The number of methoxy groups -OCH3 is 2. The number of hydrogen-bond donors (Lipinski definition) is 1. The number of carbonyl (C=O) groups excluding carboxylic acids is 1. The van der Waals surface area contributed by atoms with Crippen molar-refractivity contribution in [3.05, 3.63) is 41.9 Å². The Kier molecular flexibility index (Phi) is 4.62. The summed E-state index contributed by atoms with van der Waals surface area (Å²) in [6.07, 6.45) is 5.14. The molecule has 0 unspecified atom stereocenters. The Morgan fingerprint density at radius 3 is 2.67 bits per heavy atom. The molecule has 8 heteroatoms. The van der Waals surface area contributed by atoms with E-state index in [1.165, 1.54) is 0 Å². The summed E-state index contributed by atoms with van der Waals surface area (Å²) < 4.78 is 10.8. The lowest BCUT2D eigenvalue weighted by atomic mass is 9.93. The fourth-order valence-electron chi connectivity index (χ4n) is 3.67. The van der Waals surface area contributed by atoms with Crippen molar-refractivity contribution >= 4 is 17.1 Å². The summed E-state index contributed by atoms with van der Waals surface area (Å²) in [6.45, 7) is 1.27. The molecular weight excluding hydrogens is 346 g/mol. The van der Waals surface area contributed by atoms with Crippen molar-refractivity contribution in [1.82, 2.24) is 25.1 Å². The van der Waals surface area contributed by atoms with Crippen molar-refractivity contribution in [2.75, 3.05) is 27.3 Å². The molecule has 0 bridgehead atoms. The Labute approximate surface area is 156 Å². The summed E-state index contributed by atoms with van der Waals surface area (Å²) in [5, 5.41) is 7.30. The first kappa shape index (κ1) is 17.3. The van der Waals surface area contributed by atoms with Gasteiger partial charge in [0.05, 0.1) is 19.9 Å². The van der Waals surface area contributed by atoms with Crippen LogP contribution in [0.2, 0.25) is 0 Å².